The third kappa shape index (κ3) is 4.43. The van der Waals surface area contributed by atoms with Gasteiger partial charge in [-0.05, 0) is 36.4 Å². The lowest BCUT2D eigenvalue weighted by molar-refractivity contribution is -0.704. The molecule has 0 aromatic carbocycles. The Labute approximate surface area is 198 Å². The van der Waals surface area contributed by atoms with E-state index < -0.39 is 0 Å². The fourth-order valence-corrected chi connectivity index (χ4v) is 4.61. The second-order valence-corrected chi connectivity index (χ2v) is 8.89. The fraction of sp³-hybridized carbons (Fsp3) is 0.222. The minimum Gasteiger partial charge on any atom is -0.292 e. The van der Waals surface area contributed by atoms with Gasteiger partial charge in [0.15, 0.2) is 16.6 Å². The highest BCUT2D eigenvalue weighted by Crippen LogP contribution is 2.02. The molecule has 0 bridgehead atoms. The van der Waals surface area contributed by atoms with Crippen molar-refractivity contribution < 1.29 is 13.7 Å². The van der Waals surface area contributed by atoms with Crippen molar-refractivity contribution in [2.45, 2.75) is 19.6 Å². The Hall–Kier alpha value is -3.97. The normalized spacial score (nSPS) is 11.9. The summed E-state index contributed by atoms with van der Waals surface area (Å²) in [6.07, 6.45) is 19.5. The Morgan fingerprint density at radius 1 is 0.500 bits per heavy atom. The number of hydrogen-bond acceptors (Lipinski definition) is 1. The van der Waals surface area contributed by atoms with Gasteiger partial charge in [-0.25, -0.2) is 26.9 Å². The van der Waals surface area contributed by atoms with Crippen LogP contribution in [-0.4, -0.2) is 37.7 Å². The Kier molecular flexibility index (Phi) is 5.53. The van der Waals surface area contributed by atoms with E-state index in [1.807, 2.05) is 0 Å². The maximum Gasteiger partial charge on any atom is 0.249 e. The first-order valence-corrected chi connectivity index (χ1v) is 11.9. The molecule has 0 saturated heterocycles. The van der Waals surface area contributed by atoms with Crippen molar-refractivity contribution >= 4 is 16.6 Å². The van der Waals surface area contributed by atoms with Gasteiger partial charge in [-0.2, -0.15) is 0 Å². The molecule has 0 aliphatic rings. The van der Waals surface area contributed by atoms with Gasteiger partial charge in [-0.15, -0.1) is 0 Å². The van der Waals surface area contributed by atoms with Crippen molar-refractivity contribution in [3.8, 4) is 0 Å². The summed E-state index contributed by atoms with van der Waals surface area (Å²) < 4.78 is 13.4. The summed E-state index contributed by atoms with van der Waals surface area (Å²) in [5.74, 6) is 0. The molecule has 7 heteroatoms. The van der Waals surface area contributed by atoms with Gasteiger partial charge in [-0.3, -0.25) is 4.90 Å². The molecule has 0 fully saturated rings. The molecule has 6 rings (SSSR count). The van der Waals surface area contributed by atoms with Gasteiger partial charge in [0.05, 0.1) is 18.6 Å². The zero-order valence-electron chi connectivity index (χ0n) is 19.3. The molecule has 170 valence electrons. The van der Waals surface area contributed by atoms with E-state index in [2.05, 4.69) is 143 Å². The minimum absolute atomic E-state index is 0.965. The number of pyridine rings is 3. The quantitative estimate of drug-likeness (QED) is 0.309. The average Bonchev–Trinajstić information content (AvgIpc) is 3.58. The van der Waals surface area contributed by atoms with Crippen LogP contribution in [0, 0.1) is 0 Å². The smallest absolute Gasteiger partial charge is 0.249 e. The summed E-state index contributed by atoms with van der Waals surface area (Å²) in [6.45, 7) is 5.90. The van der Waals surface area contributed by atoms with Crippen molar-refractivity contribution in [1.82, 2.24) is 18.1 Å². The van der Waals surface area contributed by atoms with Crippen LogP contribution in [0.4, 0.5) is 0 Å². The summed E-state index contributed by atoms with van der Waals surface area (Å²) in [5.41, 5.74) is 3.67. The van der Waals surface area contributed by atoms with Crippen LogP contribution in [-0.2, 0) is 19.6 Å². The van der Waals surface area contributed by atoms with Crippen LogP contribution >= 0.6 is 0 Å². The van der Waals surface area contributed by atoms with E-state index in [-0.39, 0.29) is 0 Å². The standard InChI is InChI=1S/C27H30N7/c1-4-10-32-22-29(19-25(32)7-1)16-13-28(14-17-30-20-26-8-2-5-11-33(26)23-30)15-18-31-21-27-9-3-6-12-34(27)24-31/h1-12,19-24H,13-18H2/q+3. The van der Waals surface area contributed by atoms with Crippen molar-refractivity contribution in [3.63, 3.8) is 0 Å². The van der Waals surface area contributed by atoms with Crippen LogP contribution in [0.5, 0.6) is 0 Å². The molecule has 0 saturated carbocycles. The largest absolute Gasteiger partial charge is 0.292 e. The van der Waals surface area contributed by atoms with E-state index in [4.69, 9.17) is 0 Å². The van der Waals surface area contributed by atoms with E-state index in [1.165, 1.54) is 16.6 Å². The first-order valence-electron chi connectivity index (χ1n) is 11.9. The number of aromatic nitrogens is 6. The van der Waals surface area contributed by atoms with Gasteiger partial charge in [0.25, 0.3) is 0 Å². The summed E-state index contributed by atoms with van der Waals surface area (Å²) in [6, 6.07) is 18.9. The second kappa shape index (κ2) is 9.11. The molecule has 6 aromatic heterocycles. The third-order valence-corrected chi connectivity index (χ3v) is 6.50. The predicted molar refractivity (Wildman–Crippen MR) is 129 cm³/mol. The highest BCUT2D eigenvalue weighted by Gasteiger charge is 2.14. The van der Waals surface area contributed by atoms with E-state index in [1.54, 1.807) is 0 Å². The van der Waals surface area contributed by atoms with Gasteiger partial charge in [0, 0.05) is 19.6 Å². The first kappa shape index (κ1) is 20.6. The van der Waals surface area contributed by atoms with Crippen molar-refractivity contribution in [2.75, 3.05) is 19.6 Å². The maximum atomic E-state index is 2.57. The fourth-order valence-electron chi connectivity index (χ4n) is 4.61. The molecule has 0 aliphatic carbocycles. The molecular weight excluding hydrogens is 422 g/mol. The molecule has 6 heterocycles. The van der Waals surface area contributed by atoms with Crippen LogP contribution < -0.4 is 13.7 Å². The Morgan fingerprint density at radius 3 is 1.18 bits per heavy atom. The molecule has 0 spiro atoms. The molecule has 0 radical (unpaired) electrons. The number of nitrogens with zero attached hydrogens (tertiary/aromatic N) is 7. The molecule has 6 aromatic rings. The van der Waals surface area contributed by atoms with Crippen LogP contribution in [0.15, 0.2) is 111 Å². The highest BCUT2D eigenvalue weighted by atomic mass is 15.2. The summed E-state index contributed by atoms with van der Waals surface area (Å²) in [4.78, 5) is 2.57. The lowest BCUT2D eigenvalue weighted by atomic mass is 10.4. The monoisotopic (exact) mass is 452 g/mol. The molecule has 0 amide bonds. The van der Waals surface area contributed by atoms with E-state index >= 15 is 0 Å². The van der Waals surface area contributed by atoms with Gasteiger partial charge >= 0.3 is 0 Å². The summed E-state index contributed by atoms with van der Waals surface area (Å²) >= 11 is 0. The SMILES string of the molecule is c1ccn2c[n+](CCN(CC[n+]3cc4ccccn4c3)CC[n+]3cc4ccccn4c3)cc2c1. The zero-order valence-corrected chi connectivity index (χ0v) is 19.3. The first-order chi connectivity index (χ1) is 16.8. The number of hydrogen-bond donors (Lipinski definition) is 0. The molecule has 0 unspecified atom stereocenters. The van der Waals surface area contributed by atoms with Crippen LogP contribution in [0.25, 0.3) is 16.6 Å². The molecular formula is C27H30N7+3. The highest BCUT2D eigenvalue weighted by molar-refractivity contribution is 5.42. The van der Waals surface area contributed by atoms with E-state index in [0.717, 1.165) is 39.3 Å². The average molecular weight is 453 g/mol. The third-order valence-electron chi connectivity index (χ3n) is 6.50. The predicted octanol–water partition coefficient (Wildman–Crippen LogP) is 2.01. The molecule has 34 heavy (non-hydrogen) atoms. The lowest BCUT2D eigenvalue weighted by Gasteiger charge is -2.19. The van der Waals surface area contributed by atoms with Crippen molar-refractivity contribution in [1.29, 1.82) is 0 Å². The van der Waals surface area contributed by atoms with Crippen molar-refractivity contribution in [3.05, 3.63) is 111 Å². The topological polar surface area (TPSA) is 28.1 Å². The molecule has 7 nitrogen and oxygen atoms in total. The van der Waals surface area contributed by atoms with Crippen LogP contribution in [0.2, 0.25) is 0 Å². The molecule has 0 N–H and O–H groups in total. The summed E-state index contributed by atoms with van der Waals surface area (Å²) in [7, 11) is 0. The number of fused-ring (bicyclic) bond motifs is 3. The van der Waals surface area contributed by atoms with Crippen LogP contribution in [0.1, 0.15) is 0 Å². The lowest BCUT2D eigenvalue weighted by Crippen LogP contribution is -2.47. The van der Waals surface area contributed by atoms with Crippen LogP contribution in [0.3, 0.4) is 0 Å². The Balaban J connectivity index is 1.15. The van der Waals surface area contributed by atoms with E-state index in [0.29, 0.717) is 0 Å². The minimum atomic E-state index is 0.965. The van der Waals surface area contributed by atoms with Gasteiger partial charge in [0.1, 0.15) is 38.2 Å². The Bertz CT molecular complexity index is 1260. The molecule has 0 aliphatic heterocycles. The number of imidazole rings is 3. The maximum absolute atomic E-state index is 2.57. The van der Waals surface area contributed by atoms with Crippen molar-refractivity contribution in [2.24, 2.45) is 0 Å². The Morgan fingerprint density at radius 2 is 0.853 bits per heavy atom. The number of rotatable bonds is 9. The summed E-state index contributed by atoms with van der Waals surface area (Å²) in [5, 5.41) is 0. The molecule has 0 atom stereocenters. The second-order valence-electron chi connectivity index (χ2n) is 8.89. The van der Waals surface area contributed by atoms with Gasteiger partial charge in [-0.1, -0.05) is 18.2 Å². The zero-order chi connectivity index (χ0) is 22.7. The van der Waals surface area contributed by atoms with E-state index in [9.17, 15) is 0 Å². The van der Waals surface area contributed by atoms with Gasteiger partial charge in [0.2, 0.25) is 19.0 Å². The van der Waals surface area contributed by atoms with Gasteiger partial charge < -0.3 is 0 Å².